The summed E-state index contributed by atoms with van der Waals surface area (Å²) >= 11 is 0. The van der Waals surface area contributed by atoms with E-state index in [1.807, 2.05) is 24.1 Å². The lowest BCUT2D eigenvalue weighted by Crippen LogP contribution is -2.48. The van der Waals surface area contributed by atoms with Crippen LogP contribution in [0.25, 0.3) is 0 Å². The normalized spacial score (nSPS) is 21.7. The van der Waals surface area contributed by atoms with Gasteiger partial charge in [0.1, 0.15) is 36.5 Å². The Kier molecular flexibility index (Phi) is 6.77. The monoisotopic (exact) mass is 536 g/mol. The Hall–Kier alpha value is -3.65. The smallest absolute Gasteiger partial charge is 0.405 e. The first-order valence-corrected chi connectivity index (χ1v) is 12.1. The molecule has 2 fully saturated rings. The number of alkyl halides is 3. The molecular formula is C24H27F3N6O5. The maximum absolute atomic E-state index is 13.4. The third-order valence-corrected chi connectivity index (χ3v) is 6.32. The molecule has 3 aliphatic heterocycles. The zero-order valence-corrected chi connectivity index (χ0v) is 20.7. The zero-order chi connectivity index (χ0) is 27.1. The van der Waals surface area contributed by atoms with Gasteiger partial charge in [-0.25, -0.2) is 14.8 Å². The summed E-state index contributed by atoms with van der Waals surface area (Å²) in [6, 6.07) is 5.40. The fourth-order valence-corrected chi connectivity index (χ4v) is 4.64. The van der Waals surface area contributed by atoms with E-state index in [4.69, 9.17) is 14.2 Å². The van der Waals surface area contributed by atoms with E-state index in [0.29, 0.717) is 37.6 Å². The Morgan fingerprint density at radius 1 is 1.26 bits per heavy atom. The number of urea groups is 1. The van der Waals surface area contributed by atoms with Crippen LogP contribution in [0.1, 0.15) is 30.8 Å². The minimum atomic E-state index is -4.56. The summed E-state index contributed by atoms with van der Waals surface area (Å²) in [7, 11) is 0. The number of ether oxygens (including phenoxy) is 3. The third kappa shape index (κ3) is 5.75. The summed E-state index contributed by atoms with van der Waals surface area (Å²) < 4.78 is 54.7. The van der Waals surface area contributed by atoms with Crippen LogP contribution in [-0.2, 0) is 9.47 Å². The highest BCUT2D eigenvalue weighted by Gasteiger charge is 2.41. The number of rotatable bonds is 6. The van der Waals surface area contributed by atoms with Crippen LogP contribution in [0.15, 0.2) is 30.5 Å². The van der Waals surface area contributed by atoms with Gasteiger partial charge in [0.05, 0.1) is 18.3 Å². The Bertz CT molecular complexity index is 1230. The maximum Gasteiger partial charge on any atom is 0.405 e. The molecule has 5 heterocycles. The Balaban J connectivity index is 1.30. The predicted octanol–water partition coefficient (Wildman–Crippen LogP) is 2.93. The average Bonchev–Trinajstić information content (AvgIpc) is 3.44. The van der Waals surface area contributed by atoms with Gasteiger partial charge in [0.25, 0.3) is 5.91 Å². The van der Waals surface area contributed by atoms with E-state index in [0.717, 1.165) is 0 Å². The molecule has 0 aromatic carbocycles. The molecule has 0 saturated carbocycles. The van der Waals surface area contributed by atoms with Crippen molar-refractivity contribution in [2.24, 2.45) is 0 Å². The molecule has 0 spiro atoms. The molecule has 0 radical (unpaired) electrons. The van der Waals surface area contributed by atoms with E-state index in [2.05, 4.69) is 15.3 Å². The minimum Gasteiger partial charge on any atom is -0.491 e. The van der Waals surface area contributed by atoms with E-state index in [1.165, 1.54) is 17.2 Å². The number of carbonyl (C=O) groups is 2. The summed E-state index contributed by atoms with van der Waals surface area (Å²) in [4.78, 5) is 37.6. The Labute approximate surface area is 216 Å². The van der Waals surface area contributed by atoms with Crippen LogP contribution >= 0.6 is 0 Å². The van der Waals surface area contributed by atoms with Crippen LogP contribution in [0.3, 0.4) is 0 Å². The molecule has 11 nitrogen and oxygen atoms in total. The molecule has 2 aromatic heterocycles. The summed E-state index contributed by atoms with van der Waals surface area (Å²) in [5.41, 5.74) is 0.399. The van der Waals surface area contributed by atoms with Gasteiger partial charge < -0.3 is 24.4 Å². The fraction of sp³-hybridized carbons (Fsp3) is 0.500. The lowest BCUT2D eigenvalue weighted by Gasteiger charge is -2.35. The van der Waals surface area contributed by atoms with E-state index in [1.54, 1.807) is 18.2 Å². The van der Waals surface area contributed by atoms with Crippen LogP contribution in [0.2, 0.25) is 0 Å². The van der Waals surface area contributed by atoms with Crippen molar-refractivity contribution in [3.63, 3.8) is 0 Å². The molecule has 2 aromatic rings. The van der Waals surface area contributed by atoms with E-state index >= 15 is 0 Å². The predicted molar refractivity (Wildman–Crippen MR) is 129 cm³/mol. The Morgan fingerprint density at radius 3 is 2.82 bits per heavy atom. The van der Waals surface area contributed by atoms with Crippen molar-refractivity contribution >= 4 is 29.3 Å². The average molecular weight is 537 g/mol. The number of pyridine rings is 2. The number of anilines is 3. The fourth-order valence-electron chi connectivity index (χ4n) is 4.64. The second-order valence-electron chi connectivity index (χ2n) is 9.66. The summed E-state index contributed by atoms with van der Waals surface area (Å²) in [6.07, 6.45) is -2.64. The van der Waals surface area contributed by atoms with Crippen molar-refractivity contribution in [3.05, 3.63) is 36.2 Å². The SMILES string of the molecule is CC1(C)OC[C@H](COc2ccnc(NC(=O)N3c4nc(C(=O)NCC(F)(F)F)ccc4N4CC[C@H]3C4)c2)O1. The van der Waals surface area contributed by atoms with Gasteiger partial charge in [0.2, 0.25) is 0 Å². The molecule has 2 N–H and O–H groups in total. The number of aromatic nitrogens is 2. The van der Waals surface area contributed by atoms with Crippen molar-refractivity contribution in [3.8, 4) is 5.75 Å². The highest BCUT2D eigenvalue weighted by molar-refractivity contribution is 6.05. The zero-order valence-electron chi connectivity index (χ0n) is 20.7. The van der Waals surface area contributed by atoms with Gasteiger partial charge in [0, 0.05) is 25.4 Å². The number of halogens is 3. The maximum atomic E-state index is 13.4. The molecule has 2 bridgehead atoms. The molecule has 3 amide bonds. The largest absolute Gasteiger partial charge is 0.491 e. The first kappa shape index (κ1) is 26.0. The van der Waals surface area contributed by atoms with Gasteiger partial charge in [-0.05, 0) is 38.5 Å². The molecule has 204 valence electrons. The van der Waals surface area contributed by atoms with Crippen molar-refractivity contribution in [2.45, 2.75) is 44.4 Å². The van der Waals surface area contributed by atoms with Crippen molar-refractivity contribution in [2.75, 3.05) is 48.0 Å². The van der Waals surface area contributed by atoms with Crippen LogP contribution in [0.4, 0.5) is 35.3 Å². The summed E-state index contributed by atoms with van der Waals surface area (Å²) in [6.45, 7) is 4.06. The van der Waals surface area contributed by atoms with Crippen molar-refractivity contribution in [1.29, 1.82) is 0 Å². The molecular weight excluding hydrogens is 509 g/mol. The van der Waals surface area contributed by atoms with Crippen molar-refractivity contribution in [1.82, 2.24) is 15.3 Å². The van der Waals surface area contributed by atoms with Crippen LogP contribution < -0.4 is 25.2 Å². The number of hydrogen-bond donors (Lipinski definition) is 2. The number of nitrogens with zero attached hydrogens (tertiary/aromatic N) is 4. The van der Waals surface area contributed by atoms with Gasteiger partial charge >= 0.3 is 12.2 Å². The molecule has 2 saturated heterocycles. The first-order valence-electron chi connectivity index (χ1n) is 12.1. The second kappa shape index (κ2) is 9.91. The number of carbonyl (C=O) groups excluding carboxylic acids is 2. The van der Waals surface area contributed by atoms with E-state index in [-0.39, 0.29) is 36.1 Å². The molecule has 14 heteroatoms. The van der Waals surface area contributed by atoms with Crippen LogP contribution in [0, 0.1) is 0 Å². The highest BCUT2D eigenvalue weighted by Crippen LogP contribution is 2.39. The molecule has 0 unspecified atom stereocenters. The molecule has 3 aliphatic rings. The topological polar surface area (TPSA) is 118 Å². The molecule has 38 heavy (non-hydrogen) atoms. The summed E-state index contributed by atoms with van der Waals surface area (Å²) in [5, 5.41) is 4.55. The van der Waals surface area contributed by atoms with E-state index < -0.39 is 30.4 Å². The lowest BCUT2D eigenvalue weighted by molar-refractivity contribution is -0.141. The minimum absolute atomic E-state index is 0.198. The number of nitrogens with one attached hydrogen (secondary N) is 2. The number of hydrogen-bond acceptors (Lipinski definition) is 8. The summed E-state index contributed by atoms with van der Waals surface area (Å²) in [5.74, 6) is -0.748. The molecule has 2 atom stereocenters. The Morgan fingerprint density at radius 2 is 2.08 bits per heavy atom. The van der Waals surface area contributed by atoms with Gasteiger partial charge in [-0.2, -0.15) is 13.2 Å². The molecule has 5 rings (SSSR count). The third-order valence-electron chi connectivity index (χ3n) is 6.32. The van der Waals surface area contributed by atoms with E-state index in [9.17, 15) is 22.8 Å². The standard InChI is InChI=1S/C24H27F3N6O5/c1-23(2)37-12-16(38-23)11-36-15-5-7-28-19(9-15)31-22(35)33-14-6-8-32(10-14)18-4-3-17(30-20(18)33)21(34)29-13-24(25,26)27/h3-5,7,9,14,16H,6,8,10-13H2,1-2H3,(H,29,34)(H,28,31,35)/t14-,16-/m0/s1. The van der Waals surface area contributed by atoms with Crippen LogP contribution in [-0.4, -0.2) is 78.9 Å². The van der Waals surface area contributed by atoms with Gasteiger partial charge in [0.15, 0.2) is 11.6 Å². The van der Waals surface area contributed by atoms with Gasteiger partial charge in [-0.3, -0.25) is 15.0 Å². The second-order valence-corrected chi connectivity index (χ2v) is 9.66. The lowest BCUT2D eigenvalue weighted by atomic mass is 10.1. The van der Waals surface area contributed by atoms with Gasteiger partial charge in [-0.1, -0.05) is 0 Å². The first-order chi connectivity index (χ1) is 18.0. The van der Waals surface area contributed by atoms with Crippen molar-refractivity contribution < 1.29 is 37.0 Å². The number of amides is 3. The quantitative estimate of drug-likeness (QED) is 0.579. The number of fused-ring (bicyclic) bond motifs is 4. The van der Waals surface area contributed by atoms with Gasteiger partial charge in [-0.15, -0.1) is 0 Å². The molecule has 0 aliphatic carbocycles. The highest BCUT2D eigenvalue weighted by atomic mass is 19.4. The van der Waals surface area contributed by atoms with Crippen LogP contribution in [0.5, 0.6) is 5.75 Å².